The molecule has 0 radical (unpaired) electrons. The summed E-state index contributed by atoms with van der Waals surface area (Å²) in [5.41, 5.74) is 0. The Hall–Kier alpha value is -1.55. The lowest BCUT2D eigenvalue weighted by molar-refractivity contribution is -0.302. The van der Waals surface area contributed by atoms with E-state index in [9.17, 15) is 29.7 Å². The largest absolute Gasteiger partial charge is 0.477 e. The van der Waals surface area contributed by atoms with Gasteiger partial charge in [-0.05, 0) is 6.92 Å². The zero-order chi connectivity index (χ0) is 16.2. The van der Waals surface area contributed by atoms with Crippen molar-refractivity contribution < 1.29 is 39.2 Å². The summed E-state index contributed by atoms with van der Waals surface area (Å²) in [6, 6.07) is -1.13. The Kier molecular flexibility index (Phi) is 5.78. The number of rotatable bonds is 6. The molecule has 0 aromatic rings. The molecule has 120 valence electrons. The molecule has 9 nitrogen and oxygen atoms in total. The highest BCUT2D eigenvalue weighted by atomic mass is 16.7. The molecule has 0 aromatic heterocycles. The second kappa shape index (κ2) is 6.94. The quantitative estimate of drug-likeness (QED) is 0.413. The topological polar surface area (TPSA) is 142 Å². The monoisotopic (exact) mass is 305 g/mol. The molecule has 0 spiro atoms. The van der Waals surface area contributed by atoms with Crippen LogP contribution in [0.3, 0.4) is 0 Å². The van der Waals surface area contributed by atoms with Crippen molar-refractivity contribution in [2.75, 3.05) is 6.61 Å². The smallest absolute Gasteiger partial charge is 0.364 e. The van der Waals surface area contributed by atoms with Gasteiger partial charge in [0.25, 0.3) is 5.79 Å². The molecule has 1 fully saturated rings. The normalized spacial score (nSPS) is 34.0. The van der Waals surface area contributed by atoms with Gasteiger partial charge in [0, 0.05) is 20.0 Å². The lowest BCUT2D eigenvalue weighted by Gasteiger charge is -2.45. The minimum absolute atomic E-state index is 0.0201. The fourth-order valence-corrected chi connectivity index (χ4v) is 2.26. The molecule has 5 atom stereocenters. The molecule has 21 heavy (non-hydrogen) atoms. The Morgan fingerprint density at radius 2 is 2.19 bits per heavy atom. The maximum Gasteiger partial charge on any atom is 0.364 e. The van der Waals surface area contributed by atoms with Crippen LogP contribution in [0.2, 0.25) is 0 Å². The summed E-state index contributed by atoms with van der Waals surface area (Å²) in [7, 11) is 0. The van der Waals surface area contributed by atoms with Gasteiger partial charge in [0.1, 0.15) is 12.2 Å². The zero-order valence-electron chi connectivity index (χ0n) is 11.7. The van der Waals surface area contributed by atoms with Gasteiger partial charge in [-0.3, -0.25) is 4.79 Å². The van der Waals surface area contributed by atoms with E-state index in [0.717, 1.165) is 0 Å². The molecule has 1 aliphatic rings. The average molecular weight is 305 g/mol. The number of hydrogen-bond acceptors (Lipinski definition) is 7. The Labute approximate surface area is 120 Å². The second-order valence-electron chi connectivity index (χ2n) is 4.70. The van der Waals surface area contributed by atoms with Crippen LogP contribution in [0.5, 0.6) is 0 Å². The molecular formula is C12H19NO8. The maximum atomic E-state index is 11.4. The van der Waals surface area contributed by atoms with Crippen molar-refractivity contribution >= 4 is 18.2 Å². The van der Waals surface area contributed by atoms with Crippen LogP contribution in [-0.4, -0.2) is 70.2 Å². The first kappa shape index (κ1) is 17.5. The summed E-state index contributed by atoms with van der Waals surface area (Å²) in [6.07, 6.45) is -4.86. The van der Waals surface area contributed by atoms with Crippen molar-refractivity contribution in [1.29, 1.82) is 0 Å². The van der Waals surface area contributed by atoms with E-state index < -0.39 is 48.4 Å². The number of carbonyl (C=O) groups excluding carboxylic acids is 2. The summed E-state index contributed by atoms with van der Waals surface area (Å²) in [5.74, 6) is -4.20. The van der Waals surface area contributed by atoms with Gasteiger partial charge < -0.3 is 34.9 Å². The third-order valence-corrected chi connectivity index (χ3v) is 3.12. The number of hydrogen-bond donors (Lipinski definition) is 4. The fourth-order valence-electron chi connectivity index (χ4n) is 2.26. The molecule has 0 aliphatic carbocycles. The highest BCUT2D eigenvalue weighted by Crippen LogP contribution is 2.32. The number of carbonyl (C=O) groups is 3. The summed E-state index contributed by atoms with van der Waals surface area (Å²) >= 11 is 0. The van der Waals surface area contributed by atoms with Crippen molar-refractivity contribution in [2.45, 2.75) is 50.4 Å². The van der Waals surface area contributed by atoms with Gasteiger partial charge in [0.2, 0.25) is 5.91 Å². The van der Waals surface area contributed by atoms with Crippen LogP contribution in [0.1, 0.15) is 20.3 Å². The van der Waals surface area contributed by atoms with E-state index in [1.807, 2.05) is 0 Å². The number of carboxylic acid groups (broad SMARTS) is 1. The SMILES string of the molecule is CCOC1(C(=O)O)CC(O)C(NC(C)=O)C(C(O)C=O)O1. The molecule has 4 N–H and O–H groups in total. The minimum atomic E-state index is -2.18. The fraction of sp³-hybridized carbons (Fsp3) is 0.750. The first-order valence-corrected chi connectivity index (χ1v) is 6.41. The predicted octanol–water partition coefficient (Wildman–Crippen LogP) is -1.98. The number of carboxylic acids is 1. The van der Waals surface area contributed by atoms with E-state index in [1.54, 1.807) is 0 Å². The molecule has 0 aromatic carbocycles. The third kappa shape index (κ3) is 3.76. The van der Waals surface area contributed by atoms with Gasteiger partial charge in [0.05, 0.1) is 12.1 Å². The van der Waals surface area contributed by atoms with Crippen molar-refractivity contribution in [3.8, 4) is 0 Å². The zero-order valence-corrected chi connectivity index (χ0v) is 11.7. The van der Waals surface area contributed by atoms with Gasteiger partial charge in [-0.1, -0.05) is 0 Å². The number of aliphatic hydroxyl groups is 2. The van der Waals surface area contributed by atoms with E-state index in [0.29, 0.717) is 0 Å². The second-order valence-corrected chi connectivity index (χ2v) is 4.70. The van der Waals surface area contributed by atoms with Crippen LogP contribution in [0.25, 0.3) is 0 Å². The summed E-state index contributed by atoms with van der Waals surface area (Å²) < 4.78 is 10.3. The lowest BCUT2D eigenvalue weighted by atomic mass is 9.90. The first-order valence-electron chi connectivity index (χ1n) is 6.41. The highest BCUT2D eigenvalue weighted by Gasteiger charge is 2.54. The molecular weight excluding hydrogens is 286 g/mol. The molecule has 1 saturated heterocycles. The molecule has 1 heterocycles. The molecule has 9 heteroatoms. The van der Waals surface area contributed by atoms with Gasteiger partial charge in [-0.2, -0.15) is 0 Å². The summed E-state index contributed by atoms with van der Waals surface area (Å²) in [6.45, 7) is 2.69. The van der Waals surface area contributed by atoms with Gasteiger partial charge in [0.15, 0.2) is 6.29 Å². The van der Waals surface area contributed by atoms with Crippen LogP contribution in [0.4, 0.5) is 0 Å². The van der Waals surface area contributed by atoms with Crippen LogP contribution in [0.15, 0.2) is 0 Å². The molecule has 1 aliphatic heterocycles. The molecule has 1 rings (SSSR count). The summed E-state index contributed by atoms with van der Waals surface area (Å²) in [5, 5.41) is 31.3. The average Bonchev–Trinajstić information content (AvgIpc) is 2.40. The lowest BCUT2D eigenvalue weighted by Crippen LogP contribution is -2.66. The Morgan fingerprint density at radius 1 is 1.57 bits per heavy atom. The molecule has 5 unspecified atom stereocenters. The Balaban J connectivity index is 3.12. The van der Waals surface area contributed by atoms with E-state index in [2.05, 4.69) is 5.32 Å². The van der Waals surface area contributed by atoms with Crippen LogP contribution >= 0.6 is 0 Å². The van der Waals surface area contributed by atoms with Gasteiger partial charge >= 0.3 is 5.97 Å². The minimum Gasteiger partial charge on any atom is -0.477 e. The van der Waals surface area contributed by atoms with Gasteiger partial charge in [-0.25, -0.2) is 4.79 Å². The Bertz CT molecular complexity index is 414. The highest BCUT2D eigenvalue weighted by molar-refractivity contribution is 5.77. The standard InChI is InChI=1S/C12H19NO8/c1-3-20-12(11(18)19)4-7(16)9(13-6(2)15)10(21-12)8(17)5-14/h5,7-10,16-17H,3-4H2,1-2H3,(H,13,15)(H,18,19). The van der Waals surface area contributed by atoms with E-state index >= 15 is 0 Å². The van der Waals surface area contributed by atoms with E-state index in [4.69, 9.17) is 9.47 Å². The Morgan fingerprint density at radius 3 is 2.62 bits per heavy atom. The van der Waals surface area contributed by atoms with Crippen LogP contribution in [0, 0.1) is 0 Å². The number of nitrogens with one attached hydrogen (secondary N) is 1. The van der Waals surface area contributed by atoms with Crippen molar-refractivity contribution in [2.24, 2.45) is 0 Å². The van der Waals surface area contributed by atoms with Crippen LogP contribution < -0.4 is 5.32 Å². The molecule has 1 amide bonds. The number of ether oxygens (including phenoxy) is 2. The number of amides is 1. The van der Waals surface area contributed by atoms with Crippen LogP contribution in [-0.2, 0) is 23.9 Å². The number of aliphatic hydroxyl groups excluding tert-OH is 2. The third-order valence-electron chi connectivity index (χ3n) is 3.12. The number of aldehydes is 1. The molecule has 0 saturated carbocycles. The van der Waals surface area contributed by atoms with E-state index in [1.165, 1.54) is 13.8 Å². The summed E-state index contributed by atoms with van der Waals surface area (Å²) in [4.78, 5) is 33.3. The number of aliphatic carboxylic acids is 1. The molecule has 0 bridgehead atoms. The predicted molar refractivity (Wildman–Crippen MR) is 67.2 cm³/mol. The first-order chi connectivity index (χ1) is 9.77. The maximum absolute atomic E-state index is 11.4. The van der Waals surface area contributed by atoms with Gasteiger partial charge in [-0.15, -0.1) is 0 Å². The van der Waals surface area contributed by atoms with Crippen molar-refractivity contribution in [3.05, 3.63) is 0 Å². The van der Waals surface area contributed by atoms with Crippen molar-refractivity contribution in [3.63, 3.8) is 0 Å². The van der Waals surface area contributed by atoms with Crippen molar-refractivity contribution in [1.82, 2.24) is 5.32 Å². The van der Waals surface area contributed by atoms with E-state index in [-0.39, 0.29) is 12.9 Å².